The average molecular weight is 433 g/mol. The molecular formula is C21H24N2O4S2. The van der Waals surface area contributed by atoms with Gasteiger partial charge in [-0.15, -0.1) is 0 Å². The summed E-state index contributed by atoms with van der Waals surface area (Å²) < 4.78 is 5.48. The Hall–Kier alpha value is -2.19. The molecule has 0 N–H and O–H groups in total. The van der Waals surface area contributed by atoms with Gasteiger partial charge in [0.25, 0.3) is 11.8 Å². The predicted molar refractivity (Wildman–Crippen MR) is 118 cm³/mol. The summed E-state index contributed by atoms with van der Waals surface area (Å²) in [7, 11) is 0. The molecule has 0 saturated carbocycles. The number of thioether (sulfide) groups is 1. The molecule has 2 amide bonds. The first-order valence-corrected chi connectivity index (χ1v) is 11.1. The van der Waals surface area contributed by atoms with E-state index in [0.717, 1.165) is 35.9 Å². The monoisotopic (exact) mass is 432 g/mol. The molecule has 1 aromatic rings. The van der Waals surface area contributed by atoms with Crippen molar-refractivity contribution in [2.75, 3.05) is 24.6 Å². The molecule has 1 fully saturated rings. The van der Waals surface area contributed by atoms with E-state index in [2.05, 4.69) is 0 Å². The molecule has 29 heavy (non-hydrogen) atoms. The number of rotatable bonds is 8. The molecular weight excluding hydrogens is 408 g/mol. The fraction of sp³-hybridized carbons (Fsp3) is 0.429. The average Bonchev–Trinajstić information content (AvgIpc) is 3.14. The van der Waals surface area contributed by atoms with Crippen molar-refractivity contribution in [2.24, 2.45) is 0 Å². The smallest absolute Gasteiger partial charge is 0.305 e. The van der Waals surface area contributed by atoms with Gasteiger partial charge in [0.1, 0.15) is 4.32 Å². The van der Waals surface area contributed by atoms with E-state index in [1.807, 2.05) is 38.1 Å². The lowest BCUT2D eigenvalue weighted by Gasteiger charge is -2.15. The van der Waals surface area contributed by atoms with Gasteiger partial charge < -0.3 is 9.64 Å². The van der Waals surface area contributed by atoms with Gasteiger partial charge in [0.05, 0.1) is 22.8 Å². The molecule has 1 aromatic carbocycles. The lowest BCUT2D eigenvalue weighted by molar-refractivity contribution is -0.144. The zero-order valence-corrected chi connectivity index (χ0v) is 18.2. The maximum atomic E-state index is 13.1. The Kier molecular flexibility index (Phi) is 7.08. The number of carbonyl (C=O) groups excluding carboxylic acids is 3. The standard InChI is InChI=1S/C21H24N2O4S2/c1-3-11-22-15-9-6-5-8-14(15)17(19(22)25)18-20(26)23(21(28)29-18)12-7-10-16(24)27-13-4-2/h5-6,8-9H,3-4,7,10-13H2,1-2H3/b18-17-. The van der Waals surface area contributed by atoms with E-state index in [-0.39, 0.29) is 24.2 Å². The molecule has 2 heterocycles. The van der Waals surface area contributed by atoms with Crippen LogP contribution in [0.5, 0.6) is 0 Å². The second-order valence-electron chi connectivity index (χ2n) is 6.83. The molecule has 8 heteroatoms. The van der Waals surface area contributed by atoms with Crippen LogP contribution in [0.15, 0.2) is 29.2 Å². The normalized spacial score (nSPS) is 18.6. The number of ether oxygens (including phenoxy) is 1. The van der Waals surface area contributed by atoms with Crippen molar-refractivity contribution in [3.05, 3.63) is 34.7 Å². The maximum Gasteiger partial charge on any atom is 0.305 e. The number of esters is 1. The summed E-state index contributed by atoms with van der Waals surface area (Å²) >= 11 is 6.55. The Bertz CT molecular complexity index is 881. The predicted octanol–water partition coefficient (Wildman–Crippen LogP) is 3.75. The van der Waals surface area contributed by atoms with E-state index in [1.165, 1.54) is 4.90 Å². The molecule has 0 atom stereocenters. The summed E-state index contributed by atoms with van der Waals surface area (Å²) in [5.74, 6) is -0.694. The molecule has 6 nitrogen and oxygen atoms in total. The Labute approximate surface area is 180 Å². The minimum atomic E-state index is -0.272. The van der Waals surface area contributed by atoms with E-state index in [1.54, 1.807) is 4.90 Å². The highest BCUT2D eigenvalue weighted by molar-refractivity contribution is 8.26. The van der Waals surface area contributed by atoms with E-state index in [4.69, 9.17) is 17.0 Å². The van der Waals surface area contributed by atoms with Gasteiger partial charge in [-0.2, -0.15) is 0 Å². The van der Waals surface area contributed by atoms with Gasteiger partial charge in [-0.3, -0.25) is 19.3 Å². The van der Waals surface area contributed by atoms with Crippen LogP contribution in [0.1, 0.15) is 45.1 Å². The first-order chi connectivity index (χ1) is 14.0. The highest BCUT2D eigenvalue weighted by Crippen LogP contribution is 2.44. The van der Waals surface area contributed by atoms with Gasteiger partial charge in [-0.05, 0) is 25.3 Å². The highest BCUT2D eigenvalue weighted by Gasteiger charge is 2.41. The number of anilines is 1. The fourth-order valence-corrected chi connectivity index (χ4v) is 4.74. The molecule has 0 aliphatic carbocycles. The highest BCUT2D eigenvalue weighted by atomic mass is 32.2. The van der Waals surface area contributed by atoms with E-state index in [0.29, 0.717) is 40.9 Å². The topological polar surface area (TPSA) is 66.9 Å². The van der Waals surface area contributed by atoms with E-state index < -0.39 is 0 Å². The van der Waals surface area contributed by atoms with E-state index in [9.17, 15) is 14.4 Å². The van der Waals surface area contributed by atoms with Crippen LogP contribution < -0.4 is 4.90 Å². The molecule has 0 radical (unpaired) electrons. The van der Waals surface area contributed by atoms with Crippen LogP contribution in [0.25, 0.3) is 5.57 Å². The Morgan fingerprint density at radius 1 is 1.07 bits per heavy atom. The molecule has 1 saturated heterocycles. The van der Waals surface area contributed by atoms with E-state index >= 15 is 0 Å². The minimum Gasteiger partial charge on any atom is -0.466 e. The Balaban J connectivity index is 1.79. The molecule has 3 rings (SSSR count). The van der Waals surface area contributed by atoms with Crippen LogP contribution in [0.3, 0.4) is 0 Å². The summed E-state index contributed by atoms with van der Waals surface area (Å²) in [6.07, 6.45) is 2.29. The third-order valence-electron chi connectivity index (χ3n) is 4.68. The largest absolute Gasteiger partial charge is 0.466 e. The van der Waals surface area contributed by atoms with Crippen LogP contribution in [-0.4, -0.2) is 46.7 Å². The lowest BCUT2D eigenvalue weighted by atomic mass is 10.1. The van der Waals surface area contributed by atoms with Gasteiger partial charge in [0.2, 0.25) is 0 Å². The fourth-order valence-electron chi connectivity index (χ4n) is 3.36. The summed E-state index contributed by atoms with van der Waals surface area (Å²) in [4.78, 5) is 41.4. The Morgan fingerprint density at radius 3 is 2.55 bits per heavy atom. The molecule has 0 spiro atoms. The van der Waals surface area contributed by atoms with Crippen LogP contribution >= 0.6 is 24.0 Å². The maximum absolute atomic E-state index is 13.1. The Morgan fingerprint density at radius 2 is 1.83 bits per heavy atom. The second kappa shape index (κ2) is 9.54. The molecule has 2 aliphatic heterocycles. The molecule has 0 aromatic heterocycles. The van der Waals surface area contributed by atoms with Crippen LogP contribution in [-0.2, 0) is 19.1 Å². The van der Waals surface area contributed by atoms with Gasteiger partial charge in [-0.25, -0.2) is 0 Å². The van der Waals surface area contributed by atoms with Crippen molar-refractivity contribution in [2.45, 2.75) is 39.5 Å². The summed E-state index contributed by atoms with van der Waals surface area (Å²) in [6, 6.07) is 7.53. The second-order valence-corrected chi connectivity index (χ2v) is 8.47. The van der Waals surface area contributed by atoms with Crippen LogP contribution in [0, 0.1) is 0 Å². The number of hydrogen-bond donors (Lipinski definition) is 0. The van der Waals surface area contributed by atoms with Crippen LogP contribution in [0.2, 0.25) is 0 Å². The summed E-state index contributed by atoms with van der Waals surface area (Å²) in [5, 5.41) is 0. The SMILES string of the molecule is CCCOC(=O)CCCN1C(=O)/C(=C2/C(=O)N(CCC)c3ccccc32)SC1=S. The molecule has 0 unspecified atom stereocenters. The first-order valence-electron chi connectivity index (χ1n) is 9.84. The zero-order chi connectivity index (χ0) is 21.0. The molecule has 154 valence electrons. The number of para-hydroxylation sites is 1. The van der Waals surface area contributed by atoms with Crippen molar-refractivity contribution >= 4 is 57.3 Å². The molecule has 2 aliphatic rings. The van der Waals surface area contributed by atoms with Crippen molar-refractivity contribution in [3.8, 4) is 0 Å². The van der Waals surface area contributed by atoms with Crippen molar-refractivity contribution in [3.63, 3.8) is 0 Å². The first kappa shape index (κ1) is 21.5. The third-order valence-corrected chi connectivity index (χ3v) is 6.12. The quantitative estimate of drug-likeness (QED) is 0.354. The van der Waals surface area contributed by atoms with Gasteiger partial charge in [-0.1, -0.05) is 56.0 Å². The number of fused-ring (bicyclic) bond motifs is 1. The number of thiocarbonyl (C=S) groups is 1. The van der Waals surface area contributed by atoms with Crippen LogP contribution in [0.4, 0.5) is 5.69 Å². The van der Waals surface area contributed by atoms with Crippen molar-refractivity contribution in [1.82, 2.24) is 4.90 Å². The van der Waals surface area contributed by atoms with Gasteiger partial charge in [0.15, 0.2) is 0 Å². The minimum absolute atomic E-state index is 0.156. The van der Waals surface area contributed by atoms with Gasteiger partial charge in [0, 0.05) is 25.1 Å². The number of nitrogens with zero attached hydrogens (tertiary/aromatic N) is 2. The zero-order valence-electron chi connectivity index (χ0n) is 16.6. The molecule has 0 bridgehead atoms. The van der Waals surface area contributed by atoms with Crippen molar-refractivity contribution in [1.29, 1.82) is 0 Å². The lowest BCUT2D eigenvalue weighted by Crippen LogP contribution is -2.30. The number of hydrogen-bond acceptors (Lipinski definition) is 6. The van der Waals surface area contributed by atoms with Gasteiger partial charge >= 0.3 is 5.97 Å². The number of amides is 2. The summed E-state index contributed by atoms with van der Waals surface area (Å²) in [6.45, 7) is 5.28. The third kappa shape index (κ3) is 4.38. The number of benzene rings is 1. The summed E-state index contributed by atoms with van der Waals surface area (Å²) in [5.41, 5.74) is 2.03. The number of carbonyl (C=O) groups is 3. The van der Waals surface area contributed by atoms with Crippen molar-refractivity contribution < 1.29 is 19.1 Å².